The highest BCUT2D eigenvalue weighted by molar-refractivity contribution is 7.89. The van der Waals surface area contributed by atoms with Crippen molar-refractivity contribution in [3.63, 3.8) is 0 Å². The summed E-state index contributed by atoms with van der Waals surface area (Å²) in [6.07, 6.45) is 0. The molecule has 0 aliphatic rings. The zero-order valence-electron chi connectivity index (χ0n) is 12.5. The Morgan fingerprint density at radius 3 is 2.65 bits per heavy atom. The zero-order valence-corrected chi connectivity index (χ0v) is 13.4. The van der Waals surface area contributed by atoms with E-state index in [1.165, 1.54) is 0 Å². The lowest BCUT2D eigenvalue weighted by Crippen LogP contribution is -2.33. The number of nitrogens with one attached hydrogen (secondary N) is 3. The maximum absolute atomic E-state index is 12.2. The summed E-state index contributed by atoms with van der Waals surface area (Å²) < 4.78 is 26.6. The molecule has 0 fully saturated rings. The molecule has 1 amide bonds. The number of amides is 1. The Morgan fingerprint density at radius 1 is 1.35 bits per heavy atom. The van der Waals surface area contributed by atoms with Crippen LogP contribution >= 0.6 is 0 Å². The molecule has 2 aromatic rings. The molecule has 1 aromatic carbocycles. The number of rotatable bonds is 5. The summed E-state index contributed by atoms with van der Waals surface area (Å²) in [5.41, 5.74) is 1.34. The number of aryl methyl sites for hydroxylation is 2. The minimum atomic E-state index is -3.85. The lowest BCUT2D eigenvalue weighted by molar-refractivity contribution is -0.115. The number of carbonyl (C=O) groups excluding carboxylic acids is 1. The summed E-state index contributed by atoms with van der Waals surface area (Å²) in [4.78, 5) is 11.9. The summed E-state index contributed by atoms with van der Waals surface area (Å²) >= 11 is 0. The molecule has 1 heterocycles. The quantitative estimate of drug-likeness (QED) is 0.746. The van der Waals surface area contributed by atoms with E-state index in [9.17, 15) is 13.2 Å². The van der Waals surface area contributed by atoms with Crippen molar-refractivity contribution in [2.75, 3.05) is 11.9 Å². The van der Waals surface area contributed by atoms with Crippen LogP contribution in [0.1, 0.15) is 17.0 Å². The number of anilines is 1. The molecule has 9 heteroatoms. The van der Waals surface area contributed by atoms with Crippen LogP contribution in [-0.2, 0) is 14.8 Å². The first-order valence-corrected chi connectivity index (χ1v) is 8.13. The predicted molar refractivity (Wildman–Crippen MR) is 83.0 cm³/mol. The van der Waals surface area contributed by atoms with Gasteiger partial charge in [-0.05, 0) is 26.0 Å². The van der Waals surface area contributed by atoms with Crippen LogP contribution in [0.15, 0.2) is 29.2 Å². The van der Waals surface area contributed by atoms with Crippen molar-refractivity contribution in [1.29, 1.82) is 5.26 Å². The molecule has 120 valence electrons. The molecule has 0 radical (unpaired) electrons. The molecule has 1 aromatic heterocycles. The zero-order chi connectivity index (χ0) is 17.0. The van der Waals surface area contributed by atoms with Crippen LogP contribution in [0, 0.1) is 25.2 Å². The van der Waals surface area contributed by atoms with E-state index in [1.807, 2.05) is 6.07 Å². The van der Waals surface area contributed by atoms with E-state index in [-0.39, 0.29) is 4.90 Å². The van der Waals surface area contributed by atoms with Crippen LogP contribution in [0.3, 0.4) is 0 Å². The molecule has 2 rings (SSSR count). The van der Waals surface area contributed by atoms with Gasteiger partial charge in [0.15, 0.2) is 0 Å². The van der Waals surface area contributed by atoms with Gasteiger partial charge in [-0.2, -0.15) is 10.4 Å². The van der Waals surface area contributed by atoms with E-state index in [2.05, 4.69) is 20.2 Å². The Bertz CT molecular complexity index is 861. The van der Waals surface area contributed by atoms with Crippen LogP contribution in [0.4, 0.5) is 5.69 Å². The largest absolute Gasteiger partial charge is 0.324 e. The molecule has 23 heavy (non-hydrogen) atoms. The average Bonchev–Trinajstić information content (AvgIpc) is 2.85. The number of nitriles is 1. The fourth-order valence-corrected chi connectivity index (χ4v) is 3.40. The molecule has 0 unspecified atom stereocenters. The summed E-state index contributed by atoms with van der Waals surface area (Å²) in [7, 11) is -3.85. The third kappa shape index (κ3) is 3.74. The number of hydrogen-bond donors (Lipinski definition) is 3. The third-order valence-corrected chi connectivity index (χ3v) is 4.74. The number of benzene rings is 1. The maximum atomic E-state index is 12.2. The summed E-state index contributed by atoms with van der Waals surface area (Å²) in [5, 5.41) is 17.8. The van der Waals surface area contributed by atoms with Crippen LogP contribution in [0.2, 0.25) is 0 Å². The van der Waals surface area contributed by atoms with Gasteiger partial charge in [0.25, 0.3) is 0 Å². The fourth-order valence-electron chi connectivity index (χ4n) is 2.05. The Balaban J connectivity index is 2.06. The second kappa shape index (κ2) is 6.60. The number of aromatic nitrogens is 2. The number of para-hydroxylation sites is 1. The van der Waals surface area contributed by atoms with Crippen LogP contribution in [0.5, 0.6) is 0 Å². The van der Waals surface area contributed by atoms with Crippen LogP contribution < -0.4 is 10.0 Å². The van der Waals surface area contributed by atoms with Crippen molar-refractivity contribution >= 4 is 21.6 Å². The molecule has 3 N–H and O–H groups in total. The minimum Gasteiger partial charge on any atom is -0.324 e. The number of H-pyrrole nitrogens is 1. The van der Waals surface area contributed by atoms with E-state index < -0.39 is 22.5 Å². The van der Waals surface area contributed by atoms with E-state index in [0.717, 1.165) is 0 Å². The third-order valence-electron chi connectivity index (χ3n) is 3.07. The molecule has 0 saturated heterocycles. The Labute approximate surface area is 133 Å². The first kappa shape index (κ1) is 16.7. The SMILES string of the molecule is Cc1n[nH]c(C)c1S(=O)(=O)NCC(=O)Nc1ccccc1C#N. The lowest BCUT2D eigenvalue weighted by atomic mass is 10.2. The van der Waals surface area contributed by atoms with E-state index in [0.29, 0.717) is 22.6 Å². The number of carbonyl (C=O) groups is 1. The molecule has 0 aliphatic heterocycles. The van der Waals surface area contributed by atoms with Crippen molar-refractivity contribution < 1.29 is 13.2 Å². The van der Waals surface area contributed by atoms with Gasteiger partial charge in [-0.25, -0.2) is 13.1 Å². The van der Waals surface area contributed by atoms with Crippen molar-refractivity contribution in [2.45, 2.75) is 18.7 Å². The fraction of sp³-hybridized carbons (Fsp3) is 0.214. The monoisotopic (exact) mass is 333 g/mol. The Hall–Kier alpha value is -2.70. The van der Waals surface area contributed by atoms with Crippen LogP contribution in [0.25, 0.3) is 0 Å². The summed E-state index contributed by atoms with van der Waals surface area (Å²) in [6.45, 7) is 2.69. The highest BCUT2D eigenvalue weighted by Gasteiger charge is 2.22. The lowest BCUT2D eigenvalue weighted by Gasteiger charge is -2.09. The van der Waals surface area contributed by atoms with E-state index in [1.54, 1.807) is 38.1 Å². The number of hydrogen-bond acceptors (Lipinski definition) is 5. The topological polar surface area (TPSA) is 128 Å². The van der Waals surface area contributed by atoms with Gasteiger partial charge in [-0.3, -0.25) is 9.89 Å². The molecule has 0 bridgehead atoms. The van der Waals surface area contributed by atoms with E-state index in [4.69, 9.17) is 5.26 Å². The molecular formula is C14H15N5O3S. The molecule has 0 aliphatic carbocycles. The predicted octanol–water partition coefficient (Wildman–Crippen LogP) is 0.815. The summed E-state index contributed by atoms with van der Waals surface area (Å²) in [5.74, 6) is -0.574. The number of aromatic amines is 1. The van der Waals surface area contributed by atoms with Gasteiger partial charge in [0.1, 0.15) is 11.0 Å². The minimum absolute atomic E-state index is 0.0303. The van der Waals surface area contributed by atoms with Gasteiger partial charge < -0.3 is 5.32 Å². The van der Waals surface area contributed by atoms with E-state index >= 15 is 0 Å². The van der Waals surface area contributed by atoms with Crippen molar-refractivity contribution in [3.05, 3.63) is 41.2 Å². The average molecular weight is 333 g/mol. The highest BCUT2D eigenvalue weighted by Crippen LogP contribution is 2.16. The standard InChI is InChI=1S/C14H15N5O3S/c1-9-14(10(2)19-18-9)23(21,22)16-8-13(20)17-12-6-4-3-5-11(12)7-15/h3-6,16H,8H2,1-2H3,(H,17,20)(H,18,19). The molecule has 0 atom stereocenters. The first-order valence-electron chi connectivity index (χ1n) is 6.65. The Morgan fingerprint density at radius 2 is 2.04 bits per heavy atom. The number of sulfonamides is 1. The van der Waals surface area contributed by atoms with Crippen molar-refractivity contribution in [1.82, 2.24) is 14.9 Å². The normalized spacial score (nSPS) is 11.0. The maximum Gasteiger partial charge on any atom is 0.244 e. The molecule has 8 nitrogen and oxygen atoms in total. The second-order valence-corrected chi connectivity index (χ2v) is 6.50. The number of nitrogens with zero attached hydrogens (tertiary/aromatic N) is 2. The van der Waals surface area contributed by atoms with Gasteiger partial charge in [0, 0.05) is 0 Å². The molecule has 0 spiro atoms. The molecular weight excluding hydrogens is 318 g/mol. The Kier molecular flexibility index (Phi) is 4.78. The van der Waals surface area contributed by atoms with Gasteiger partial charge in [-0.1, -0.05) is 12.1 Å². The van der Waals surface area contributed by atoms with Gasteiger partial charge in [0.2, 0.25) is 15.9 Å². The second-order valence-electron chi connectivity index (χ2n) is 4.79. The van der Waals surface area contributed by atoms with Gasteiger partial charge in [0.05, 0.1) is 29.2 Å². The van der Waals surface area contributed by atoms with Crippen LogP contribution in [-0.4, -0.2) is 31.1 Å². The molecule has 0 saturated carbocycles. The van der Waals surface area contributed by atoms with Crippen molar-refractivity contribution in [2.24, 2.45) is 0 Å². The smallest absolute Gasteiger partial charge is 0.244 e. The van der Waals surface area contributed by atoms with Gasteiger partial charge in [-0.15, -0.1) is 0 Å². The highest BCUT2D eigenvalue weighted by atomic mass is 32.2. The summed E-state index contributed by atoms with van der Waals surface area (Å²) in [6, 6.07) is 8.40. The van der Waals surface area contributed by atoms with Gasteiger partial charge >= 0.3 is 0 Å². The first-order chi connectivity index (χ1) is 10.8. The van der Waals surface area contributed by atoms with Crippen molar-refractivity contribution in [3.8, 4) is 6.07 Å².